The molecule has 1 spiro atoms. The summed E-state index contributed by atoms with van der Waals surface area (Å²) < 4.78 is 6.51. The molecule has 2 fully saturated rings. The van der Waals surface area contributed by atoms with Crippen molar-refractivity contribution in [3.63, 3.8) is 0 Å². The topological polar surface area (TPSA) is 38.2 Å². The van der Waals surface area contributed by atoms with Crippen LogP contribution in [0.25, 0.3) is 0 Å². The first-order valence-corrected chi connectivity index (χ1v) is 9.06. The van der Waals surface area contributed by atoms with E-state index in [1.807, 2.05) is 24.7 Å². The molecule has 0 bridgehead atoms. The van der Waals surface area contributed by atoms with Gasteiger partial charge < -0.3 is 4.74 Å². The minimum absolute atomic E-state index is 0.378. The summed E-state index contributed by atoms with van der Waals surface area (Å²) in [6.07, 6.45) is 8.98. The molecule has 0 saturated carbocycles. The summed E-state index contributed by atoms with van der Waals surface area (Å²) in [6.45, 7) is 4.06. The summed E-state index contributed by atoms with van der Waals surface area (Å²) >= 11 is 2.09. The maximum absolute atomic E-state index is 6.09. The van der Waals surface area contributed by atoms with Gasteiger partial charge in [-0.25, -0.2) is 0 Å². The fourth-order valence-electron chi connectivity index (χ4n) is 3.45. The van der Waals surface area contributed by atoms with Gasteiger partial charge in [0.2, 0.25) is 0 Å². The van der Waals surface area contributed by atoms with E-state index in [9.17, 15) is 0 Å². The molecular weight excluding hydrogens is 306 g/mol. The standard InChI is InChI=1S/C18H21N3OS/c1-2-16(9-20-5-1)11-22-17-8-18(23-12-17)13-21(14-18)10-15-3-6-19-7-4-15/h1-7,9,17H,8,10-14H2/t17-/m1/s1. The molecule has 5 heteroatoms. The maximum atomic E-state index is 6.09. The Labute approximate surface area is 141 Å². The summed E-state index contributed by atoms with van der Waals surface area (Å²) in [5.74, 6) is 1.11. The van der Waals surface area contributed by atoms with Crippen molar-refractivity contribution in [2.45, 2.75) is 30.4 Å². The van der Waals surface area contributed by atoms with Crippen molar-refractivity contribution in [1.29, 1.82) is 0 Å². The maximum Gasteiger partial charge on any atom is 0.0736 e. The smallest absolute Gasteiger partial charge is 0.0736 e. The minimum atomic E-state index is 0.378. The van der Waals surface area contributed by atoms with Gasteiger partial charge in [-0.2, -0.15) is 0 Å². The third-order valence-electron chi connectivity index (χ3n) is 4.56. The van der Waals surface area contributed by atoms with Gasteiger partial charge in [-0.05, 0) is 35.7 Å². The molecule has 2 saturated heterocycles. The number of nitrogens with zero attached hydrogens (tertiary/aromatic N) is 3. The Balaban J connectivity index is 1.24. The van der Waals surface area contributed by atoms with Gasteiger partial charge in [0.05, 0.1) is 12.7 Å². The molecule has 4 nitrogen and oxygen atoms in total. The molecular formula is C18H21N3OS. The summed E-state index contributed by atoms with van der Waals surface area (Å²) in [6, 6.07) is 8.25. The molecule has 0 N–H and O–H groups in total. The van der Waals surface area contributed by atoms with Gasteiger partial charge in [0.15, 0.2) is 0 Å². The number of hydrogen-bond donors (Lipinski definition) is 0. The van der Waals surface area contributed by atoms with Gasteiger partial charge in [0, 0.05) is 54.9 Å². The Morgan fingerprint density at radius 1 is 1.13 bits per heavy atom. The van der Waals surface area contributed by atoms with Gasteiger partial charge in [0.1, 0.15) is 0 Å². The predicted octanol–water partition coefficient (Wildman–Crippen LogP) is 2.75. The Hall–Kier alpha value is -1.43. The Bertz CT molecular complexity index is 631. The molecule has 0 aromatic carbocycles. The van der Waals surface area contributed by atoms with Crippen molar-refractivity contribution in [3.8, 4) is 0 Å². The molecule has 1 atom stereocenters. The Morgan fingerprint density at radius 3 is 2.78 bits per heavy atom. The number of thioether (sulfide) groups is 1. The third kappa shape index (κ3) is 3.57. The number of hydrogen-bond acceptors (Lipinski definition) is 5. The second-order valence-corrected chi connectivity index (χ2v) is 7.98. The number of likely N-dealkylation sites (tertiary alicyclic amines) is 1. The summed E-state index contributed by atoms with van der Waals surface area (Å²) in [4.78, 5) is 10.7. The van der Waals surface area contributed by atoms with E-state index >= 15 is 0 Å². The van der Waals surface area contributed by atoms with E-state index in [0.29, 0.717) is 17.5 Å². The molecule has 4 heterocycles. The molecule has 0 radical (unpaired) electrons. The van der Waals surface area contributed by atoms with Crippen LogP contribution >= 0.6 is 11.8 Å². The molecule has 4 rings (SSSR count). The summed E-state index contributed by atoms with van der Waals surface area (Å²) in [5.41, 5.74) is 2.51. The molecule has 120 valence electrons. The molecule has 0 aliphatic carbocycles. The number of pyridine rings is 2. The largest absolute Gasteiger partial charge is 0.373 e. The number of aromatic nitrogens is 2. The van der Waals surface area contributed by atoms with Gasteiger partial charge in [0.25, 0.3) is 0 Å². The first kappa shape index (κ1) is 15.1. The van der Waals surface area contributed by atoms with Crippen LogP contribution in [0, 0.1) is 0 Å². The van der Waals surface area contributed by atoms with Crippen LogP contribution in [0.4, 0.5) is 0 Å². The lowest BCUT2D eigenvalue weighted by molar-refractivity contribution is 0.0263. The van der Waals surface area contributed by atoms with E-state index in [1.165, 1.54) is 25.1 Å². The fraction of sp³-hybridized carbons (Fsp3) is 0.444. The van der Waals surface area contributed by atoms with Crippen molar-refractivity contribution in [1.82, 2.24) is 14.9 Å². The van der Waals surface area contributed by atoms with Crippen LogP contribution in [0.1, 0.15) is 17.5 Å². The number of rotatable bonds is 5. The van der Waals surface area contributed by atoms with Gasteiger partial charge in [-0.1, -0.05) is 6.07 Å². The first-order valence-electron chi connectivity index (χ1n) is 8.07. The van der Waals surface area contributed by atoms with E-state index in [-0.39, 0.29) is 0 Å². The zero-order chi connectivity index (χ0) is 15.5. The van der Waals surface area contributed by atoms with Crippen LogP contribution in [-0.2, 0) is 17.9 Å². The SMILES string of the molecule is c1cncc(CO[C@H]2CSC3(C2)CN(Cc2ccncc2)C3)c1. The highest BCUT2D eigenvalue weighted by molar-refractivity contribution is 8.01. The summed E-state index contributed by atoms with van der Waals surface area (Å²) in [5, 5.41) is 0. The number of ether oxygens (including phenoxy) is 1. The summed E-state index contributed by atoms with van der Waals surface area (Å²) in [7, 11) is 0. The average molecular weight is 327 g/mol. The molecule has 0 unspecified atom stereocenters. The van der Waals surface area contributed by atoms with Crippen LogP contribution in [0.15, 0.2) is 49.1 Å². The second-order valence-electron chi connectivity index (χ2n) is 6.49. The molecule has 2 aromatic rings. The van der Waals surface area contributed by atoms with Crippen molar-refractivity contribution in [2.24, 2.45) is 0 Å². The Morgan fingerprint density at radius 2 is 2.00 bits per heavy atom. The van der Waals surface area contributed by atoms with Crippen LogP contribution in [-0.4, -0.2) is 44.6 Å². The molecule has 23 heavy (non-hydrogen) atoms. The van der Waals surface area contributed by atoms with Gasteiger partial charge in [-0.3, -0.25) is 14.9 Å². The van der Waals surface area contributed by atoms with Crippen LogP contribution < -0.4 is 0 Å². The van der Waals surface area contributed by atoms with Crippen molar-refractivity contribution < 1.29 is 4.74 Å². The highest BCUT2D eigenvalue weighted by Gasteiger charge is 2.49. The van der Waals surface area contributed by atoms with E-state index in [1.54, 1.807) is 6.20 Å². The highest BCUT2D eigenvalue weighted by atomic mass is 32.2. The lowest BCUT2D eigenvalue weighted by atomic mass is 9.92. The van der Waals surface area contributed by atoms with E-state index in [2.05, 4.69) is 44.8 Å². The van der Waals surface area contributed by atoms with Crippen LogP contribution in [0.3, 0.4) is 0 Å². The quantitative estimate of drug-likeness (QED) is 0.844. The van der Waals surface area contributed by atoms with E-state index in [4.69, 9.17) is 4.74 Å². The van der Waals surface area contributed by atoms with E-state index in [0.717, 1.165) is 17.9 Å². The van der Waals surface area contributed by atoms with E-state index < -0.39 is 0 Å². The predicted molar refractivity (Wildman–Crippen MR) is 92.1 cm³/mol. The molecule has 2 aliphatic rings. The van der Waals surface area contributed by atoms with Crippen molar-refractivity contribution in [3.05, 3.63) is 60.2 Å². The normalized spacial score (nSPS) is 23.0. The zero-order valence-electron chi connectivity index (χ0n) is 13.1. The fourth-order valence-corrected chi connectivity index (χ4v) is 5.06. The lowest BCUT2D eigenvalue weighted by Gasteiger charge is -2.47. The molecule has 2 aromatic heterocycles. The van der Waals surface area contributed by atoms with Crippen LogP contribution in [0.2, 0.25) is 0 Å². The molecule has 2 aliphatic heterocycles. The Kier molecular flexibility index (Phi) is 4.33. The first-order chi connectivity index (χ1) is 11.3. The zero-order valence-corrected chi connectivity index (χ0v) is 13.9. The van der Waals surface area contributed by atoms with Gasteiger partial charge >= 0.3 is 0 Å². The van der Waals surface area contributed by atoms with Crippen molar-refractivity contribution >= 4 is 11.8 Å². The second kappa shape index (κ2) is 6.59. The third-order valence-corrected chi connectivity index (χ3v) is 6.14. The van der Waals surface area contributed by atoms with Gasteiger partial charge in [-0.15, -0.1) is 11.8 Å². The minimum Gasteiger partial charge on any atom is -0.373 e. The highest BCUT2D eigenvalue weighted by Crippen LogP contribution is 2.46. The monoisotopic (exact) mass is 327 g/mol. The van der Waals surface area contributed by atoms with Crippen molar-refractivity contribution in [2.75, 3.05) is 18.8 Å². The molecule has 0 amide bonds. The lowest BCUT2D eigenvalue weighted by Crippen LogP contribution is -2.58. The van der Waals surface area contributed by atoms with Crippen LogP contribution in [0.5, 0.6) is 0 Å². The average Bonchev–Trinajstić information content (AvgIpc) is 2.99.